The third-order valence-electron chi connectivity index (χ3n) is 3.88. The summed E-state index contributed by atoms with van der Waals surface area (Å²) in [7, 11) is 0. The Hall–Kier alpha value is -1.84. The molecule has 6 N–H and O–H groups in total. The molecule has 3 fully saturated rings. The molecule has 0 aromatic carbocycles. The fourth-order valence-corrected chi connectivity index (χ4v) is 2.40. The predicted molar refractivity (Wildman–Crippen MR) is 86.4 cm³/mol. The molecule has 3 amide bonds. The third kappa shape index (κ3) is 9.38. The van der Waals surface area contributed by atoms with Crippen LogP contribution in [0.25, 0.3) is 0 Å². The minimum Gasteiger partial charge on any atom is -0.480 e. The second-order valence-electron chi connectivity index (χ2n) is 5.99. The van der Waals surface area contributed by atoms with Gasteiger partial charge in [-0.05, 0) is 19.3 Å². The Bertz CT molecular complexity index is 555. The number of carboxylic acid groups (broad SMARTS) is 3. The number of amides is 3. The number of carbonyl (C=O) groups excluding carboxylic acids is 3. The molecule has 0 aromatic rings. The summed E-state index contributed by atoms with van der Waals surface area (Å²) in [6, 6.07) is -1.92. The Labute approximate surface area is 191 Å². The molecule has 0 bridgehead atoms. The predicted octanol–water partition coefficient (Wildman–Crippen LogP) is -1.95. The maximum atomic E-state index is 10.4. The van der Waals surface area contributed by atoms with Gasteiger partial charge in [0.05, 0.1) is 0 Å². The summed E-state index contributed by atoms with van der Waals surface area (Å²) in [6.07, 6.45) is 2.31. The van der Waals surface area contributed by atoms with Crippen LogP contribution in [0.3, 0.4) is 0 Å². The van der Waals surface area contributed by atoms with E-state index in [0.717, 1.165) is 0 Å². The van der Waals surface area contributed by atoms with Gasteiger partial charge in [0.1, 0.15) is 18.1 Å². The Morgan fingerprint density at radius 2 is 0.821 bits per heavy atom. The molecule has 3 aliphatic heterocycles. The van der Waals surface area contributed by atoms with Crippen molar-refractivity contribution in [2.75, 3.05) is 0 Å². The van der Waals surface area contributed by atoms with Gasteiger partial charge in [-0.25, -0.2) is 14.4 Å². The Balaban J connectivity index is 0.000000384. The first kappa shape index (κ1) is 26.2. The first-order valence-corrected chi connectivity index (χ1v) is 8.16. The van der Waals surface area contributed by atoms with E-state index in [-0.39, 0.29) is 58.1 Å². The summed E-state index contributed by atoms with van der Waals surface area (Å²) >= 11 is 0. The maximum absolute atomic E-state index is 10.4. The first-order valence-electron chi connectivity index (χ1n) is 8.16. The minimum absolute atomic E-state index is 0. The zero-order valence-corrected chi connectivity index (χ0v) is 17.3. The molecule has 3 saturated heterocycles. The van der Waals surface area contributed by atoms with Crippen molar-refractivity contribution in [3.8, 4) is 0 Å². The van der Waals surface area contributed by atoms with Crippen molar-refractivity contribution in [3.63, 3.8) is 0 Å². The summed E-state index contributed by atoms with van der Waals surface area (Å²) in [5.74, 6) is -3.32. The van der Waals surface area contributed by atoms with Crippen molar-refractivity contribution in [2.24, 2.45) is 0 Å². The molecule has 12 nitrogen and oxygen atoms in total. The number of hydrogen-bond acceptors (Lipinski definition) is 6. The summed E-state index contributed by atoms with van der Waals surface area (Å²) in [5, 5.41) is 31.9. The average Bonchev–Trinajstić information content (AvgIpc) is 3.30. The number of nitrogens with one attached hydrogen (secondary N) is 3. The molecular formula is C15H21N3O9Sm. The fraction of sp³-hybridized carbons (Fsp3) is 0.600. The normalized spacial score (nSPS) is 24.9. The van der Waals surface area contributed by atoms with Gasteiger partial charge in [0.15, 0.2) is 0 Å². The Morgan fingerprint density at radius 1 is 0.607 bits per heavy atom. The van der Waals surface area contributed by atoms with E-state index in [2.05, 4.69) is 16.0 Å². The molecule has 3 rings (SSSR count). The van der Waals surface area contributed by atoms with Crippen molar-refractivity contribution in [1.82, 2.24) is 16.0 Å². The molecule has 0 unspecified atom stereocenters. The number of rotatable bonds is 3. The van der Waals surface area contributed by atoms with Crippen LogP contribution in [0.5, 0.6) is 0 Å². The van der Waals surface area contributed by atoms with Gasteiger partial charge in [-0.1, -0.05) is 0 Å². The standard InChI is InChI=1S/3C5H7NO3.Sm/c3*7-4-2-1-3(6-4)5(8)9;/h3*3H,1-2H2,(H,6,7)(H,8,9);/t3*3-;/m000./s1. The second kappa shape index (κ2) is 12.6. The molecule has 0 aromatic heterocycles. The average molecular weight is 538 g/mol. The number of aliphatic carboxylic acids is 3. The van der Waals surface area contributed by atoms with Crippen LogP contribution in [0, 0.1) is 40.4 Å². The van der Waals surface area contributed by atoms with E-state index in [1.165, 1.54) is 0 Å². The zero-order chi connectivity index (χ0) is 20.6. The molecular weight excluding hydrogens is 517 g/mol. The van der Waals surface area contributed by atoms with Gasteiger partial charge in [0.25, 0.3) is 0 Å². The van der Waals surface area contributed by atoms with E-state index in [1.54, 1.807) is 0 Å². The van der Waals surface area contributed by atoms with Crippen molar-refractivity contribution < 1.29 is 84.5 Å². The van der Waals surface area contributed by atoms with Gasteiger partial charge in [-0.15, -0.1) is 0 Å². The van der Waals surface area contributed by atoms with Crippen LogP contribution in [0.2, 0.25) is 0 Å². The van der Waals surface area contributed by atoms with E-state index < -0.39 is 36.0 Å². The molecule has 3 heterocycles. The fourth-order valence-electron chi connectivity index (χ4n) is 2.40. The summed E-state index contributed by atoms with van der Waals surface area (Å²) < 4.78 is 0. The van der Waals surface area contributed by atoms with Crippen LogP contribution in [-0.4, -0.2) is 69.1 Å². The van der Waals surface area contributed by atoms with Gasteiger partial charge in [-0.3, -0.25) is 14.4 Å². The summed E-state index contributed by atoms with van der Waals surface area (Å²) in [4.78, 5) is 61.5. The van der Waals surface area contributed by atoms with Crippen LogP contribution in [-0.2, 0) is 28.8 Å². The molecule has 0 spiro atoms. The summed E-state index contributed by atoms with van der Waals surface area (Å²) in [5.41, 5.74) is 0. The molecule has 3 atom stereocenters. The van der Waals surface area contributed by atoms with E-state index in [1.807, 2.05) is 0 Å². The number of hydrogen-bond donors (Lipinski definition) is 6. The van der Waals surface area contributed by atoms with E-state index >= 15 is 0 Å². The van der Waals surface area contributed by atoms with Crippen LogP contribution < -0.4 is 16.0 Å². The van der Waals surface area contributed by atoms with Crippen molar-refractivity contribution in [3.05, 3.63) is 0 Å². The van der Waals surface area contributed by atoms with Crippen LogP contribution in [0.15, 0.2) is 0 Å². The van der Waals surface area contributed by atoms with Gasteiger partial charge < -0.3 is 31.3 Å². The van der Waals surface area contributed by atoms with Crippen molar-refractivity contribution in [2.45, 2.75) is 56.7 Å². The first-order chi connectivity index (χ1) is 12.6. The Kier molecular flexibility index (Phi) is 11.8. The van der Waals surface area contributed by atoms with E-state index in [0.29, 0.717) is 38.5 Å². The molecule has 0 saturated carbocycles. The molecule has 3 aliphatic rings. The molecule has 0 radical (unpaired) electrons. The largest absolute Gasteiger partial charge is 0.480 e. The minimum atomic E-state index is -0.944. The molecule has 156 valence electrons. The number of carbonyl (C=O) groups is 6. The maximum Gasteiger partial charge on any atom is 0.326 e. The van der Waals surface area contributed by atoms with Crippen LogP contribution in [0.1, 0.15) is 38.5 Å². The number of carboxylic acids is 3. The van der Waals surface area contributed by atoms with Gasteiger partial charge in [0, 0.05) is 59.7 Å². The molecule has 28 heavy (non-hydrogen) atoms. The van der Waals surface area contributed by atoms with Crippen LogP contribution >= 0.6 is 0 Å². The van der Waals surface area contributed by atoms with E-state index in [9.17, 15) is 28.8 Å². The van der Waals surface area contributed by atoms with Gasteiger partial charge >= 0.3 is 17.9 Å². The second-order valence-corrected chi connectivity index (χ2v) is 5.99. The summed E-state index contributed by atoms with van der Waals surface area (Å²) in [6.45, 7) is 0. The molecule has 0 aliphatic carbocycles. The zero-order valence-electron chi connectivity index (χ0n) is 14.7. The third-order valence-corrected chi connectivity index (χ3v) is 3.88. The molecule has 13 heteroatoms. The quantitative estimate of drug-likeness (QED) is 0.237. The van der Waals surface area contributed by atoms with Gasteiger partial charge in [-0.2, -0.15) is 0 Å². The SMILES string of the molecule is O=C1CC[C@@H](C(=O)O)N1.O=C1CC[C@@H](C(=O)O)N1.O=C1CC[C@@H](C(=O)O)N1.[Sm]. The topological polar surface area (TPSA) is 199 Å². The van der Waals surface area contributed by atoms with Crippen LogP contribution in [0.4, 0.5) is 0 Å². The van der Waals surface area contributed by atoms with Crippen molar-refractivity contribution >= 4 is 35.6 Å². The van der Waals surface area contributed by atoms with Crippen molar-refractivity contribution in [1.29, 1.82) is 0 Å². The monoisotopic (exact) mass is 539 g/mol. The van der Waals surface area contributed by atoms with E-state index in [4.69, 9.17) is 15.3 Å². The Morgan fingerprint density at radius 3 is 0.893 bits per heavy atom. The van der Waals surface area contributed by atoms with Gasteiger partial charge in [0.2, 0.25) is 17.7 Å². The smallest absolute Gasteiger partial charge is 0.326 e.